The first-order valence-electron chi connectivity index (χ1n) is 9.24. The number of carbonyl (C=O) groups excluding carboxylic acids is 1. The number of esters is 1. The van der Waals surface area contributed by atoms with Crippen LogP contribution in [0.2, 0.25) is 5.02 Å². The summed E-state index contributed by atoms with van der Waals surface area (Å²) in [5.41, 5.74) is 2.11. The minimum Gasteiger partial charge on any atom is -0.425 e. The molecule has 1 saturated carbocycles. The molecule has 0 saturated heterocycles. The smallest absolute Gasteiger partial charge is 0.314 e. The fourth-order valence-electron chi connectivity index (χ4n) is 3.68. The van der Waals surface area contributed by atoms with Crippen LogP contribution in [0.3, 0.4) is 0 Å². The van der Waals surface area contributed by atoms with Crippen LogP contribution in [-0.4, -0.2) is 5.97 Å². The lowest BCUT2D eigenvalue weighted by molar-refractivity contribution is -0.140. The van der Waals surface area contributed by atoms with Crippen molar-refractivity contribution in [2.75, 3.05) is 0 Å². The third-order valence-corrected chi connectivity index (χ3v) is 5.42. The molecule has 132 valence electrons. The molecule has 2 aromatic rings. The molecule has 1 aliphatic rings. The van der Waals surface area contributed by atoms with Crippen LogP contribution in [0.5, 0.6) is 5.75 Å². The fourth-order valence-corrected chi connectivity index (χ4v) is 3.90. The SMILES string of the molecule is CCCC1CCC(C(=O)Oc2ccc(-c3ccccc3)cc2Cl)CC1. The molecule has 0 amide bonds. The van der Waals surface area contributed by atoms with Crippen molar-refractivity contribution < 1.29 is 9.53 Å². The van der Waals surface area contributed by atoms with Gasteiger partial charge in [-0.2, -0.15) is 0 Å². The lowest BCUT2D eigenvalue weighted by Gasteiger charge is -2.27. The van der Waals surface area contributed by atoms with E-state index in [1.54, 1.807) is 6.07 Å². The topological polar surface area (TPSA) is 26.3 Å². The Morgan fingerprint density at radius 1 is 1.04 bits per heavy atom. The minimum absolute atomic E-state index is 0.0120. The molecule has 2 aromatic carbocycles. The van der Waals surface area contributed by atoms with Gasteiger partial charge in [-0.25, -0.2) is 0 Å². The van der Waals surface area contributed by atoms with E-state index < -0.39 is 0 Å². The molecular formula is C22H25ClO2. The number of halogens is 1. The van der Waals surface area contributed by atoms with Crippen LogP contribution >= 0.6 is 11.6 Å². The first-order chi connectivity index (χ1) is 12.2. The van der Waals surface area contributed by atoms with Crippen molar-refractivity contribution in [3.05, 3.63) is 53.6 Å². The van der Waals surface area contributed by atoms with Gasteiger partial charge in [-0.1, -0.05) is 67.8 Å². The van der Waals surface area contributed by atoms with Gasteiger partial charge >= 0.3 is 5.97 Å². The molecule has 3 rings (SSSR count). The van der Waals surface area contributed by atoms with Crippen LogP contribution in [0, 0.1) is 11.8 Å². The number of carbonyl (C=O) groups is 1. The summed E-state index contributed by atoms with van der Waals surface area (Å²) >= 11 is 6.35. The quantitative estimate of drug-likeness (QED) is 0.450. The average Bonchev–Trinajstić information content (AvgIpc) is 2.65. The Bertz CT molecular complexity index is 703. The van der Waals surface area contributed by atoms with Gasteiger partial charge in [0.05, 0.1) is 10.9 Å². The highest BCUT2D eigenvalue weighted by atomic mass is 35.5. The van der Waals surface area contributed by atoms with Crippen molar-refractivity contribution in [1.29, 1.82) is 0 Å². The predicted molar refractivity (Wildman–Crippen MR) is 103 cm³/mol. The van der Waals surface area contributed by atoms with Gasteiger partial charge in [0.15, 0.2) is 0 Å². The molecule has 1 fully saturated rings. The van der Waals surface area contributed by atoms with E-state index in [2.05, 4.69) is 6.92 Å². The summed E-state index contributed by atoms with van der Waals surface area (Å²) in [6.07, 6.45) is 6.63. The second-order valence-corrected chi connectivity index (χ2v) is 7.35. The summed E-state index contributed by atoms with van der Waals surface area (Å²) < 4.78 is 5.60. The van der Waals surface area contributed by atoms with Gasteiger partial charge < -0.3 is 4.74 Å². The Morgan fingerprint density at radius 2 is 1.76 bits per heavy atom. The van der Waals surface area contributed by atoms with Crippen molar-refractivity contribution in [2.24, 2.45) is 11.8 Å². The summed E-state index contributed by atoms with van der Waals surface area (Å²) in [6.45, 7) is 2.22. The largest absolute Gasteiger partial charge is 0.425 e. The van der Waals surface area contributed by atoms with Gasteiger partial charge in [0.1, 0.15) is 5.75 Å². The standard InChI is InChI=1S/C22H25ClO2/c1-2-6-16-9-11-18(12-10-16)22(24)25-21-14-13-19(15-20(21)23)17-7-4-3-5-8-17/h3-5,7-8,13-16,18H,2,6,9-12H2,1H3. The highest BCUT2D eigenvalue weighted by molar-refractivity contribution is 6.32. The Kier molecular flexibility index (Phi) is 6.14. The summed E-state index contributed by atoms with van der Waals surface area (Å²) in [6, 6.07) is 15.6. The molecule has 1 aliphatic carbocycles. The van der Waals surface area contributed by atoms with Crippen molar-refractivity contribution in [3.8, 4) is 16.9 Å². The maximum Gasteiger partial charge on any atom is 0.314 e. The van der Waals surface area contributed by atoms with Crippen LogP contribution in [0.1, 0.15) is 45.4 Å². The van der Waals surface area contributed by atoms with Crippen LogP contribution in [0.15, 0.2) is 48.5 Å². The average molecular weight is 357 g/mol. The Morgan fingerprint density at radius 3 is 2.40 bits per heavy atom. The van der Waals surface area contributed by atoms with E-state index in [4.69, 9.17) is 16.3 Å². The van der Waals surface area contributed by atoms with E-state index in [1.807, 2.05) is 42.5 Å². The van der Waals surface area contributed by atoms with E-state index in [-0.39, 0.29) is 11.9 Å². The lowest BCUT2D eigenvalue weighted by atomic mass is 9.80. The zero-order valence-corrected chi connectivity index (χ0v) is 15.5. The lowest BCUT2D eigenvalue weighted by Crippen LogP contribution is -2.25. The highest BCUT2D eigenvalue weighted by Gasteiger charge is 2.27. The number of hydrogen-bond donors (Lipinski definition) is 0. The first-order valence-corrected chi connectivity index (χ1v) is 9.62. The number of rotatable bonds is 5. The summed E-state index contributed by atoms with van der Waals surface area (Å²) in [7, 11) is 0. The molecule has 0 radical (unpaired) electrons. The zero-order chi connectivity index (χ0) is 17.6. The van der Waals surface area contributed by atoms with Crippen molar-refractivity contribution in [1.82, 2.24) is 0 Å². The normalized spacial score (nSPS) is 20.2. The summed E-state index contributed by atoms with van der Waals surface area (Å²) in [4.78, 5) is 12.5. The third-order valence-electron chi connectivity index (χ3n) is 5.13. The van der Waals surface area contributed by atoms with Crippen LogP contribution < -0.4 is 4.74 Å². The molecule has 0 bridgehead atoms. The van der Waals surface area contributed by atoms with Crippen LogP contribution in [0.4, 0.5) is 0 Å². The monoisotopic (exact) mass is 356 g/mol. The minimum atomic E-state index is -0.135. The van der Waals surface area contributed by atoms with Crippen molar-refractivity contribution in [2.45, 2.75) is 45.4 Å². The van der Waals surface area contributed by atoms with Crippen LogP contribution in [0.25, 0.3) is 11.1 Å². The molecule has 0 spiro atoms. The molecule has 0 atom stereocenters. The van der Waals surface area contributed by atoms with Gasteiger partial charge in [-0.15, -0.1) is 0 Å². The van der Waals surface area contributed by atoms with Gasteiger partial charge in [0.2, 0.25) is 0 Å². The summed E-state index contributed by atoms with van der Waals surface area (Å²) in [5.74, 6) is 1.12. The van der Waals surface area contributed by atoms with Crippen molar-refractivity contribution >= 4 is 17.6 Å². The molecule has 25 heavy (non-hydrogen) atoms. The molecular weight excluding hydrogens is 332 g/mol. The Hall–Kier alpha value is -1.80. The second kappa shape index (κ2) is 8.53. The highest BCUT2D eigenvalue weighted by Crippen LogP contribution is 2.34. The van der Waals surface area contributed by atoms with E-state index in [1.165, 1.54) is 12.8 Å². The van der Waals surface area contributed by atoms with E-state index in [0.717, 1.165) is 42.7 Å². The molecule has 0 aliphatic heterocycles. The maximum absolute atomic E-state index is 12.5. The molecule has 0 N–H and O–H groups in total. The third kappa shape index (κ3) is 4.64. The van der Waals surface area contributed by atoms with Gasteiger partial charge in [-0.3, -0.25) is 4.79 Å². The van der Waals surface area contributed by atoms with Crippen molar-refractivity contribution in [3.63, 3.8) is 0 Å². The molecule has 3 heteroatoms. The predicted octanol–water partition coefficient (Wildman–Crippen LogP) is 6.52. The molecule has 0 unspecified atom stereocenters. The first kappa shape index (κ1) is 18.0. The number of benzene rings is 2. The number of hydrogen-bond acceptors (Lipinski definition) is 2. The molecule has 2 nitrogen and oxygen atoms in total. The van der Waals surface area contributed by atoms with Crippen LogP contribution in [-0.2, 0) is 4.79 Å². The fraction of sp³-hybridized carbons (Fsp3) is 0.409. The molecule has 0 heterocycles. The van der Waals surface area contributed by atoms with E-state index >= 15 is 0 Å². The Balaban J connectivity index is 1.62. The van der Waals surface area contributed by atoms with Gasteiger partial charge in [-0.05, 0) is 54.9 Å². The summed E-state index contributed by atoms with van der Waals surface area (Å²) in [5, 5.41) is 0.481. The second-order valence-electron chi connectivity index (χ2n) is 6.94. The maximum atomic E-state index is 12.5. The van der Waals surface area contributed by atoms with Gasteiger partial charge in [0.25, 0.3) is 0 Å². The molecule has 0 aromatic heterocycles. The van der Waals surface area contributed by atoms with E-state index in [9.17, 15) is 4.79 Å². The van der Waals surface area contributed by atoms with Gasteiger partial charge in [0, 0.05) is 0 Å². The zero-order valence-electron chi connectivity index (χ0n) is 14.7. The Labute approximate surface area is 155 Å². The number of ether oxygens (including phenoxy) is 1. The van der Waals surface area contributed by atoms with E-state index in [0.29, 0.717) is 10.8 Å².